The van der Waals surface area contributed by atoms with Crippen molar-refractivity contribution in [3.63, 3.8) is 0 Å². The fourth-order valence-electron chi connectivity index (χ4n) is 3.11. The molecule has 0 spiro atoms. The second kappa shape index (κ2) is 8.03. The summed E-state index contributed by atoms with van der Waals surface area (Å²) in [6.07, 6.45) is 1.05. The fourth-order valence-corrected chi connectivity index (χ4v) is 3.11. The number of amides is 2. The number of hydrogen-bond acceptors (Lipinski definition) is 6. The first-order chi connectivity index (χ1) is 13.0. The van der Waals surface area contributed by atoms with Crippen LogP contribution in [0.4, 0.5) is 0 Å². The monoisotopic (exact) mass is 371 g/mol. The van der Waals surface area contributed by atoms with E-state index in [9.17, 15) is 14.4 Å². The molecule has 1 aromatic heterocycles. The molecule has 1 fully saturated rings. The number of primary amides is 1. The summed E-state index contributed by atoms with van der Waals surface area (Å²) in [7, 11) is 0. The van der Waals surface area contributed by atoms with Crippen molar-refractivity contribution in [3.8, 4) is 11.3 Å². The molecule has 2 N–H and O–H groups in total. The largest absolute Gasteiger partial charge is 0.452 e. The third-order valence-electron chi connectivity index (χ3n) is 4.69. The fraction of sp³-hybridized carbons (Fsp3) is 0.368. The van der Waals surface area contributed by atoms with Crippen LogP contribution in [-0.2, 0) is 14.3 Å². The van der Waals surface area contributed by atoms with Crippen molar-refractivity contribution in [2.24, 2.45) is 11.7 Å². The summed E-state index contributed by atoms with van der Waals surface area (Å²) < 4.78 is 10.3. The normalized spacial score (nSPS) is 14.8. The maximum absolute atomic E-state index is 12.5. The van der Waals surface area contributed by atoms with E-state index in [1.54, 1.807) is 11.8 Å². The number of carbonyl (C=O) groups excluding carboxylic acids is 3. The highest BCUT2D eigenvalue weighted by atomic mass is 16.5. The summed E-state index contributed by atoms with van der Waals surface area (Å²) in [5.41, 5.74) is 6.61. The lowest BCUT2D eigenvalue weighted by Gasteiger charge is -2.30. The van der Waals surface area contributed by atoms with Crippen LogP contribution in [-0.4, -0.2) is 47.5 Å². The molecule has 0 atom stereocenters. The first-order valence-corrected chi connectivity index (χ1v) is 8.73. The van der Waals surface area contributed by atoms with E-state index in [1.165, 1.54) is 0 Å². The van der Waals surface area contributed by atoms with Crippen LogP contribution in [0.25, 0.3) is 11.3 Å². The Morgan fingerprint density at radius 1 is 1.22 bits per heavy atom. The van der Waals surface area contributed by atoms with Crippen LogP contribution in [0, 0.1) is 12.8 Å². The molecule has 8 nitrogen and oxygen atoms in total. The smallest absolute Gasteiger partial charge is 0.344 e. The zero-order valence-corrected chi connectivity index (χ0v) is 15.0. The van der Waals surface area contributed by atoms with Crippen LogP contribution < -0.4 is 5.73 Å². The summed E-state index contributed by atoms with van der Waals surface area (Å²) in [6.45, 7) is 2.09. The molecule has 2 heterocycles. The van der Waals surface area contributed by atoms with Gasteiger partial charge in [-0.05, 0) is 19.8 Å². The lowest BCUT2D eigenvalue weighted by Crippen LogP contribution is -2.43. The van der Waals surface area contributed by atoms with Crippen molar-refractivity contribution in [3.05, 3.63) is 41.7 Å². The number of nitrogens with two attached hydrogens (primary N) is 1. The molecule has 1 aliphatic heterocycles. The van der Waals surface area contributed by atoms with E-state index in [-0.39, 0.29) is 29.9 Å². The average molecular weight is 371 g/mol. The third kappa shape index (κ3) is 4.16. The van der Waals surface area contributed by atoms with E-state index in [2.05, 4.69) is 5.16 Å². The molecule has 1 saturated heterocycles. The Hall–Kier alpha value is -3.16. The van der Waals surface area contributed by atoms with E-state index >= 15 is 0 Å². The molecule has 142 valence electrons. The van der Waals surface area contributed by atoms with Crippen LogP contribution in [0.15, 0.2) is 34.9 Å². The van der Waals surface area contributed by atoms with Gasteiger partial charge in [-0.3, -0.25) is 9.59 Å². The number of hydrogen-bond donors (Lipinski definition) is 1. The zero-order chi connectivity index (χ0) is 19.4. The minimum absolute atomic E-state index is 0.204. The van der Waals surface area contributed by atoms with Gasteiger partial charge in [-0.1, -0.05) is 35.5 Å². The number of ether oxygens (including phenoxy) is 1. The SMILES string of the molecule is Cc1onc(-c2ccccc2)c1C(=O)OCC(=O)N1CCC(C(N)=O)CC1. The predicted molar refractivity (Wildman–Crippen MR) is 95.5 cm³/mol. The minimum atomic E-state index is -0.659. The minimum Gasteiger partial charge on any atom is -0.452 e. The molecule has 0 bridgehead atoms. The van der Waals surface area contributed by atoms with Crippen LogP contribution in [0.5, 0.6) is 0 Å². The summed E-state index contributed by atoms with van der Waals surface area (Å²) in [4.78, 5) is 37.5. The van der Waals surface area contributed by atoms with Gasteiger partial charge in [0.15, 0.2) is 6.61 Å². The maximum atomic E-state index is 12.5. The van der Waals surface area contributed by atoms with Gasteiger partial charge in [0.2, 0.25) is 5.91 Å². The summed E-state index contributed by atoms with van der Waals surface area (Å²) >= 11 is 0. The van der Waals surface area contributed by atoms with Crippen molar-refractivity contribution < 1.29 is 23.6 Å². The highest BCUT2D eigenvalue weighted by molar-refractivity contribution is 5.98. The molecule has 0 unspecified atom stereocenters. The van der Waals surface area contributed by atoms with Gasteiger partial charge >= 0.3 is 5.97 Å². The molecule has 0 radical (unpaired) electrons. The lowest BCUT2D eigenvalue weighted by molar-refractivity contribution is -0.137. The van der Waals surface area contributed by atoms with Gasteiger partial charge in [-0.15, -0.1) is 0 Å². The molecule has 3 rings (SSSR count). The van der Waals surface area contributed by atoms with Crippen LogP contribution >= 0.6 is 0 Å². The van der Waals surface area contributed by atoms with Crippen molar-refractivity contribution in [2.45, 2.75) is 19.8 Å². The van der Waals surface area contributed by atoms with Gasteiger partial charge in [-0.2, -0.15) is 0 Å². The standard InChI is InChI=1S/C19H21N3O5/c1-12-16(17(21-27-12)13-5-3-2-4-6-13)19(25)26-11-15(23)22-9-7-14(8-10-22)18(20)24/h2-6,14H,7-11H2,1H3,(H2,20,24). The van der Waals surface area contributed by atoms with E-state index in [1.807, 2.05) is 30.3 Å². The molecule has 27 heavy (non-hydrogen) atoms. The van der Waals surface area contributed by atoms with Gasteiger partial charge in [0.25, 0.3) is 5.91 Å². The van der Waals surface area contributed by atoms with E-state index < -0.39 is 5.97 Å². The highest BCUT2D eigenvalue weighted by Crippen LogP contribution is 2.25. The van der Waals surface area contributed by atoms with E-state index in [0.717, 1.165) is 5.56 Å². The number of aromatic nitrogens is 1. The maximum Gasteiger partial charge on any atom is 0.344 e. The predicted octanol–water partition coefficient (Wildman–Crippen LogP) is 1.53. The van der Waals surface area contributed by atoms with Gasteiger partial charge in [0.1, 0.15) is 17.0 Å². The molecule has 0 saturated carbocycles. The van der Waals surface area contributed by atoms with Crippen LogP contribution in [0.1, 0.15) is 29.0 Å². The summed E-state index contributed by atoms with van der Waals surface area (Å²) in [5.74, 6) is -1.18. The van der Waals surface area contributed by atoms with Crippen molar-refractivity contribution >= 4 is 17.8 Å². The number of rotatable bonds is 5. The molecule has 1 aliphatic rings. The lowest BCUT2D eigenvalue weighted by atomic mass is 9.96. The first kappa shape index (κ1) is 18.6. The van der Waals surface area contributed by atoms with E-state index in [4.69, 9.17) is 15.0 Å². The summed E-state index contributed by atoms with van der Waals surface area (Å²) in [6, 6.07) is 9.13. The van der Waals surface area contributed by atoms with E-state index in [0.29, 0.717) is 37.4 Å². The number of nitrogens with zero attached hydrogens (tertiary/aromatic N) is 2. The highest BCUT2D eigenvalue weighted by Gasteiger charge is 2.28. The Kier molecular flexibility index (Phi) is 5.54. The molecule has 2 aromatic rings. The first-order valence-electron chi connectivity index (χ1n) is 8.73. The topological polar surface area (TPSA) is 116 Å². The number of aryl methyl sites for hydroxylation is 1. The Morgan fingerprint density at radius 3 is 2.52 bits per heavy atom. The third-order valence-corrected chi connectivity index (χ3v) is 4.69. The van der Waals surface area contributed by atoms with Crippen molar-refractivity contribution in [1.29, 1.82) is 0 Å². The van der Waals surface area contributed by atoms with Gasteiger partial charge in [0.05, 0.1) is 0 Å². The molecule has 0 aliphatic carbocycles. The zero-order valence-electron chi connectivity index (χ0n) is 15.0. The number of benzene rings is 1. The average Bonchev–Trinajstić information content (AvgIpc) is 3.08. The number of piperidine rings is 1. The Labute approximate surface area is 156 Å². The van der Waals surface area contributed by atoms with Crippen molar-refractivity contribution in [2.75, 3.05) is 19.7 Å². The number of carbonyl (C=O) groups is 3. The Balaban J connectivity index is 1.61. The van der Waals surface area contributed by atoms with Crippen molar-refractivity contribution in [1.82, 2.24) is 10.1 Å². The molecule has 8 heteroatoms. The molecule has 2 amide bonds. The Bertz CT molecular complexity index is 838. The van der Waals surface area contributed by atoms with Crippen LogP contribution in [0.2, 0.25) is 0 Å². The second-order valence-electron chi connectivity index (χ2n) is 6.46. The van der Waals surface area contributed by atoms with Crippen LogP contribution in [0.3, 0.4) is 0 Å². The Morgan fingerprint density at radius 2 is 1.89 bits per heavy atom. The molecule has 1 aromatic carbocycles. The number of likely N-dealkylation sites (tertiary alicyclic amines) is 1. The second-order valence-corrected chi connectivity index (χ2v) is 6.46. The molecular formula is C19H21N3O5. The van der Waals surface area contributed by atoms with Gasteiger partial charge in [-0.25, -0.2) is 4.79 Å². The molecular weight excluding hydrogens is 350 g/mol. The number of esters is 1. The van der Waals surface area contributed by atoms with Gasteiger partial charge < -0.3 is 19.9 Å². The van der Waals surface area contributed by atoms with Gasteiger partial charge in [0, 0.05) is 24.6 Å². The summed E-state index contributed by atoms with van der Waals surface area (Å²) in [5, 5.41) is 3.93. The quantitative estimate of drug-likeness (QED) is 0.797.